The molecule has 1 saturated carbocycles. The van der Waals surface area contributed by atoms with Crippen LogP contribution < -0.4 is 10.1 Å². The van der Waals surface area contributed by atoms with Crippen molar-refractivity contribution >= 4 is 22.2 Å². The first-order valence-electron chi connectivity index (χ1n) is 6.96. The molecular formula is C15H14N4OS. The molecule has 5 nitrogen and oxygen atoms in total. The molecule has 1 fully saturated rings. The molecule has 0 radical (unpaired) electrons. The molecule has 1 N–H and O–H groups in total. The van der Waals surface area contributed by atoms with E-state index in [1.54, 1.807) is 6.20 Å². The van der Waals surface area contributed by atoms with E-state index in [9.17, 15) is 0 Å². The topological polar surface area (TPSA) is 59.9 Å². The molecule has 0 bridgehead atoms. The molecule has 2 aromatic heterocycles. The number of benzene rings is 1. The number of para-hydroxylation sites is 1. The quantitative estimate of drug-likeness (QED) is 0.784. The van der Waals surface area contributed by atoms with E-state index in [1.807, 2.05) is 30.3 Å². The largest absolute Gasteiger partial charge is 0.427 e. The fraction of sp³-hybridized carbons (Fsp3) is 0.267. The summed E-state index contributed by atoms with van der Waals surface area (Å²) in [6, 6.07) is 10.5. The minimum Gasteiger partial charge on any atom is -0.427 e. The summed E-state index contributed by atoms with van der Waals surface area (Å²) in [7, 11) is 0. The van der Waals surface area contributed by atoms with Crippen LogP contribution in [0.5, 0.6) is 10.9 Å². The molecule has 4 rings (SSSR count). The SMILES string of the molecule is c1cnc2c(Oc3nnc(CNC4CC4)s3)cccc2c1. The van der Waals surface area contributed by atoms with Gasteiger partial charge in [0.1, 0.15) is 10.5 Å². The molecular weight excluding hydrogens is 284 g/mol. The van der Waals surface area contributed by atoms with Crippen LogP contribution in [0.25, 0.3) is 10.9 Å². The molecule has 0 atom stereocenters. The Labute approximate surface area is 126 Å². The molecule has 106 valence electrons. The number of fused-ring (bicyclic) bond motifs is 1. The molecule has 3 aromatic rings. The maximum absolute atomic E-state index is 5.85. The fourth-order valence-electron chi connectivity index (χ4n) is 2.12. The third kappa shape index (κ3) is 2.86. The summed E-state index contributed by atoms with van der Waals surface area (Å²) >= 11 is 1.47. The number of aromatic nitrogens is 3. The van der Waals surface area contributed by atoms with Gasteiger partial charge < -0.3 is 10.1 Å². The zero-order chi connectivity index (χ0) is 14.1. The lowest BCUT2D eigenvalue weighted by molar-refractivity contribution is 0.477. The third-order valence-electron chi connectivity index (χ3n) is 3.36. The number of rotatable bonds is 5. The van der Waals surface area contributed by atoms with Crippen molar-refractivity contribution in [1.29, 1.82) is 0 Å². The zero-order valence-electron chi connectivity index (χ0n) is 11.3. The first-order valence-corrected chi connectivity index (χ1v) is 7.77. The van der Waals surface area contributed by atoms with Crippen molar-refractivity contribution in [2.45, 2.75) is 25.4 Å². The lowest BCUT2D eigenvalue weighted by Gasteiger charge is -2.04. The van der Waals surface area contributed by atoms with E-state index in [0.29, 0.717) is 17.0 Å². The summed E-state index contributed by atoms with van der Waals surface area (Å²) in [6.45, 7) is 0.763. The number of nitrogens with one attached hydrogen (secondary N) is 1. The summed E-state index contributed by atoms with van der Waals surface area (Å²) in [6.07, 6.45) is 4.30. The molecule has 21 heavy (non-hydrogen) atoms. The van der Waals surface area contributed by atoms with Crippen molar-refractivity contribution < 1.29 is 4.74 Å². The maximum Gasteiger partial charge on any atom is 0.299 e. The van der Waals surface area contributed by atoms with Crippen molar-refractivity contribution in [3.63, 3.8) is 0 Å². The van der Waals surface area contributed by atoms with Crippen LogP contribution in [0.3, 0.4) is 0 Å². The molecule has 0 amide bonds. The van der Waals surface area contributed by atoms with E-state index in [4.69, 9.17) is 4.74 Å². The van der Waals surface area contributed by atoms with Gasteiger partial charge in [0.05, 0.1) is 6.54 Å². The Balaban J connectivity index is 1.53. The first-order chi connectivity index (χ1) is 10.4. The van der Waals surface area contributed by atoms with Crippen LogP contribution >= 0.6 is 11.3 Å². The normalized spacial score (nSPS) is 14.5. The highest BCUT2D eigenvalue weighted by atomic mass is 32.1. The Kier molecular flexibility index (Phi) is 3.25. The Morgan fingerprint density at radius 1 is 1.19 bits per heavy atom. The van der Waals surface area contributed by atoms with Gasteiger partial charge in [0.25, 0.3) is 5.19 Å². The molecule has 6 heteroatoms. The fourth-order valence-corrected chi connectivity index (χ4v) is 2.77. The van der Waals surface area contributed by atoms with Crippen molar-refractivity contribution in [2.75, 3.05) is 0 Å². The second kappa shape index (κ2) is 5.38. The number of nitrogens with zero attached hydrogens (tertiary/aromatic N) is 3. The molecule has 0 spiro atoms. The van der Waals surface area contributed by atoms with Crippen LogP contribution in [0, 0.1) is 0 Å². The smallest absolute Gasteiger partial charge is 0.299 e. The number of pyridine rings is 1. The van der Waals surface area contributed by atoms with Gasteiger partial charge in [-0.1, -0.05) is 34.6 Å². The van der Waals surface area contributed by atoms with Crippen molar-refractivity contribution in [2.24, 2.45) is 0 Å². The standard InChI is InChI=1S/C15H14N4OS/c1-3-10-4-2-8-16-14(10)12(5-1)20-15-19-18-13(21-15)9-17-11-6-7-11/h1-5,8,11,17H,6-7,9H2. The molecule has 0 aliphatic heterocycles. The van der Waals surface area contributed by atoms with E-state index < -0.39 is 0 Å². The maximum atomic E-state index is 5.85. The van der Waals surface area contributed by atoms with Gasteiger partial charge in [0.15, 0.2) is 5.75 Å². The molecule has 1 aliphatic rings. The Hall–Kier alpha value is -2.05. The number of hydrogen-bond acceptors (Lipinski definition) is 6. The minimum atomic E-state index is 0.556. The highest BCUT2D eigenvalue weighted by Crippen LogP contribution is 2.30. The van der Waals surface area contributed by atoms with Crippen LogP contribution in [-0.4, -0.2) is 21.2 Å². The van der Waals surface area contributed by atoms with E-state index in [-0.39, 0.29) is 0 Å². The van der Waals surface area contributed by atoms with E-state index >= 15 is 0 Å². The molecule has 0 saturated heterocycles. The Morgan fingerprint density at radius 3 is 3.00 bits per heavy atom. The summed E-state index contributed by atoms with van der Waals surface area (Å²) in [5, 5.41) is 14.2. The lowest BCUT2D eigenvalue weighted by Crippen LogP contribution is -2.14. The van der Waals surface area contributed by atoms with Gasteiger partial charge in [-0.2, -0.15) is 0 Å². The van der Waals surface area contributed by atoms with Crippen LogP contribution in [0.4, 0.5) is 0 Å². The third-order valence-corrected chi connectivity index (χ3v) is 4.16. The highest BCUT2D eigenvalue weighted by molar-refractivity contribution is 7.13. The average molecular weight is 298 g/mol. The summed E-state index contributed by atoms with van der Waals surface area (Å²) in [5.74, 6) is 0.714. The summed E-state index contributed by atoms with van der Waals surface area (Å²) in [4.78, 5) is 4.37. The molecule has 0 unspecified atom stereocenters. The summed E-state index contributed by atoms with van der Waals surface area (Å²) < 4.78 is 5.85. The van der Waals surface area contributed by atoms with E-state index in [0.717, 1.165) is 22.5 Å². The zero-order valence-corrected chi connectivity index (χ0v) is 12.1. The second-order valence-electron chi connectivity index (χ2n) is 5.05. The Morgan fingerprint density at radius 2 is 2.10 bits per heavy atom. The Bertz CT molecular complexity index is 764. The van der Waals surface area contributed by atoms with Gasteiger partial charge in [-0.15, -0.1) is 5.10 Å². The summed E-state index contributed by atoms with van der Waals surface area (Å²) in [5.41, 5.74) is 0.841. The predicted octanol–water partition coefficient (Wildman–Crippen LogP) is 3.13. The van der Waals surface area contributed by atoms with Gasteiger partial charge in [-0.05, 0) is 25.0 Å². The van der Waals surface area contributed by atoms with Crippen LogP contribution in [0.1, 0.15) is 17.8 Å². The molecule has 1 aromatic carbocycles. The lowest BCUT2D eigenvalue weighted by atomic mass is 10.2. The van der Waals surface area contributed by atoms with Crippen LogP contribution in [0.15, 0.2) is 36.5 Å². The van der Waals surface area contributed by atoms with E-state index in [1.165, 1.54) is 24.2 Å². The molecule has 1 aliphatic carbocycles. The molecule has 2 heterocycles. The second-order valence-corrected chi connectivity index (χ2v) is 6.07. The highest BCUT2D eigenvalue weighted by Gasteiger charge is 2.20. The van der Waals surface area contributed by atoms with Gasteiger partial charge in [0, 0.05) is 17.6 Å². The monoisotopic (exact) mass is 298 g/mol. The predicted molar refractivity (Wildman–Crippen MR) is 81.6 cm³/mol. The van der Waals surface area contributed by atoms with Crippen molar-refractivity contribution in [3.8, 4) is 10.9 Å². The van der Waals surface area contributed by atoms with E-state index in [2.05, 4.69) is 20.5 Å². The van der Waals surface area contributed by atoms with Gasteiger partial charge in [-0.25, -0.2) is 0 Å². The van der Waals surface area contributed by atoms with Gasteiger partial charge in [-0.3, -0.25) is 4.98 Å². The van der Waals surface area contributed by atoms with Crippen molar-refractivity contribution in [3.05, 3.63) is 41.5 Å². The van der Waals surface area contributed by atoms with Crippen LogP contribution in [-0.2, 0) is 6.54 Å². The minimum absolute atomic E-state index is 0.556. The van der Waals surface area contributed by atoms with Gasteiger partial charge >= 0.3 is 0 Å². The number of hydrogen-bond donors (Lipinski definition) is 1. The van der Waals surface area contributed by atoms with Crippen molar-refractivity contribution in [1.82, 2.24) is 20.5 Å². The van der Waals surface area contributed by atoms with Crippen LogP contribution in [0.2, 0.25) is 0 Å². The first kappa shape index (κ1) is 12.7. The van der Waals surface area contributed by atoms with Gasteiger partial charge in [0.2, 0.25) is 0 Å². The number of ether oxygens (including phenoxy) is 1. The average Bonchev–Trinajstić information content (AvgIpc) is 3.25.